The Labute approximate surface area is 145 Å². The summed E-state index contributed by atoms with van der Waals surface area (Å²) in [7, 11) is 0. The molecular formula is C20H28O4. The molecule has 0 spiro atoms. The van der Waals surface area contributed by atoms with Crippen LogP contribution in [0.25, 0.3) is 0 Å². The van der Waals surface area contributed by atoms with Crippen LogP contribution in [0.5, 0.6) is 0 Å². The minimum absolute atomic E-state index is 0.0177. The van der Waals surface area contributed by atoms with Crippen molar-refractivity contribution in [3.05, 3.63) is 24.8 Å². The average molecular weight is 332 g/mol. The first-order valence-corrected chi connectivity index (χ1v) is 8.33. The molecule has 132 valence electrons. The highest BCUT2D eigenvalue weighted by molar-refractivity contribution is 5.65. The van der Waals surface area contributed by atoms with Crippen molar-refractivity contribution in [2.45, 2.75) is 64.1 Å². The van der Waals surface area contributed by atoms with Crippen LogP contribution in [0.2, 0.25) is 0 Å². The van der Waals surface area contributed by atoms with Crippen LogP contribution >= 0.6 is 0 Å². The lowest BCUT2D eigenvalue weighted by atomic mass is 10.1. The smallest absolute Gasteiger partial charge is 0.302 e. The Hall–Kier alpha value is -2.01. The fourth-order valence-electron chi connectivity index (χ4n) is 1.79. The summed E-state index contributed by atoms with van der Waals surface area (Å²) in [4.78, 5) is 10.6. The van der Waals surface area contributed by atoms with Gasteiger partial charge in [0, 0.05) is 13.3 Å². The third-order valence-electron chi connectivity index (χ3n) is 3.08. The van der Waals surface area contributed by atoms with Crippen molar-refractivity contribution in [2.75, 3.05) is 6.61 Å². The zero-order valence-electron chi connectivity index (χ0n) is 14.5. The lowest BCUT2D eigenvalue weighted by Crippen LogP contribution is -2.14. The molecule has 0 unspecified atom stereocenters. The Balaban J connectivity index is 3.48. The number of aliphatic hydroxyl groups excluding tert-OH is 2. The number of esters is 1. The van der Waals surface area contributed by atoms with Crippen LogP contribution < -0.4 is 0 Å². The third-order valence-corrected chi connectivity index (χ3v) is 3.08. The Morgan fingerprint density at radius 2 is 1.88 bits per heavy atom. The predicted octanol–water partition coefficient (Wildman–Crippen LogP) is 2.75. The summed E-state index contributed by atoms with van der Waals surface area (Å²) >= 11 is 0. The topological polar surface area (TPSA) is 66.8 Å². The minimum Gasteiger partial charge on any atom is -0.463 e. The molecule has 0 heterocycles. The Morgan fingerprint density at radius 3 is 2.58 bits per heavy atom. The molecule has 0 saturated heterocycles. The molecule has 0 rings (SSSR count). The second-order valence-corrected chi connectivity index (χ2v) is 5.36. The lowest BCUT2D eigenvalue weighted by Gasteiger charge is -2.05. The maximum absolute atomic E-state index is 10.6. The van der Waals surface area contributed by atoms with Crippen LogP contribution in [0.15, 0.2) is 24.8 Å². The Morgan fingerprint density at radius 1 is 1.17 bits per heavy atom. The number of hydrogen-bond donors (Lipinski definition) is 2. The maximum atomic E-state index is 10.6. The van der Waals surface area contributed by atoms with Gasteiger partial charge < -0.3 is 14.9 Å². The van der Waals surface area contributed by atoms with E-state index in [1.54, 1.807) is 6.08 Å². The van der Waals surface area contributed by atoms with E-state index in [1.807, 2.05) is 6.08 Å². The molecule has 0 aromatic heterocycles. The van der Waals surface area contributed by atoms with E-state index in [4.69, 9.17) is 9.84 Å². The minimum atomic E-state index is -0.795. The number of carbonyl (C=O) groups is 1. The van der Waals surface area contributed by atoms with Crippen molar-refractivity contribution >= 4 is 5.97 Å². The van der Waals surface area contributed by atoms with Crippen molar-refractivity contribution in [1.29, 1.82) is 0 Å². The van der Waals surface area contributed by atoms with Crippen molar-refractivity contribution < 1.29 is 19.7 Å². The van der Waals surface area contributed by atoms with Crippen LogP contribution in [0, 0.1) is 23.7 Å². The van der Waals surface area contributed by atoms with E-state index < -0.39 is 12.2 Å². The molecule has 0 saturated carbocycles. The average Bonchev–Trinajstić information content (AvgIpc) is 2.56. The molecule has 4 nitrogen and oxygen atoms in total. The molecule has 24 heavy (non-hydrogen) atoms. The van der Waals surface area contributed by atoms with Crippen LogP contribution in [0.1, 0.15) is 51.9 Å². The molecule has 0 aliphatic rings. The van der Waals surface area contributed by atoms with E-state index in [0.717, 1.165) is 44.9 Å². The highest BCUT2D eigenvalue weighted by Crippen LogP contribution is 2.07. The van der Waals surface area contributed by atoms with E-state index in [2.05, 4.69) is 30.3 Å². The lowest BCUT2D eigenvalue weighted by molar-refractivity contribution is -0.143. The largest absolute Gasteiger partial charge is 0.463 e. The molecule has 0 aliphatic carbocycles. The summed E-state index contributed by atoms with van der Waals surface area (Å²) in [6, 6.07) is 0. The molecule has 0 bridgehead atoms. The SMILES string of the molecule is C=C[C@H](O)C#CC#CCCCCCCC/C=C\[C@H](O)COC(C)=O. The summed E-state index contributed by atoms with van der Waals surface area (Å²) in [5, 5.41) is 18.6. The van der Waals surface area contributed by atoms with E-state index >= 15 is 0 Å². The first-order valence-electron chi connectivity index (χ1n) is 8.33. The summed E-state index contributed by atoms with van der Waals surface area (Å²) in [5.74, 6) is 10.4. The van der Waals surface area contributed by atoms with Crippen LogP contribution in [0.3, 0.4) is 0 Å². The van der Waals surface area contributed by atoms with Crippen molar-refractivity contribution in [3.63, 3.8) is 0 Å². The zero-order valence-corrected chi connectivity index (χ0v) is 14.5. The van der Waals surface area contributed by atoms with Gasteiger partial charge in [0.15, 0.2) is 0 Å². The highest BCUT2D eigenvalue weighted by atomic mass is 16.5. The number of aliphatic hydroxyl groups is 2. The fraction of sp³-hybridized carbons (Fsp3) is 0.550. The van der Waals surface area contributed by atoms with Gasteiger partial charge in [0.05, 0.1) is 0 Å². The molecule has 0 aromatic carbocycles. The van der Waals surface area contributed by atoms with E-state index in [1.165, 1.54) is 13.0 Å². The van der Waals surface area contributed by atoms with Crippen molar-refractivity contribution in [2.24, 2.45) is 0 Å². The van der Waals surface area contributed by atoms with E-state index in [9.17, 15) is 9.90 Å². The summed E-state index contributed by atoms with van der Waals surface area (Å²) < 4.78 is 4.70. The molecular weight excluding hydrogens is 304 g/mol. The summed E-state index contributed by atoms with van der Waals surface area (Å²) in [6.07, 6.45) is 10.7. The normalized spacial score (nSPS) is 12.5. The van der Waals surface area contributed by atoms with Gasteiger partial charge in [-0.2, -0.15) is 0 Å². The molecule has 4 heteroatoms. The van der Waals surface area contributed by atoms with Crippen LogP contribution in [-0.2, 0) is 9.53 Å². The summed E-state index contributed by atoms with van der Waals surface area (Å²) in [6.45, 7) is 4.76. The number of unbranched alkanes of at least 4 members (excludes halogenated alkanes) is 6. The zero-order chi connectivity index (χ0) is 18.0. The van der Waals surface area contributed by atoms with Gasteiger partial charge in [0.1, 0.15) is 18.8 Å². The standard InChI is InChI=1S/C20H28O4/c1-3-19(22)15-13-11-9-7-5-4-6-8-10-12-14-16-20(23)17-24-18(2)21/h3,14,16,19-20,22-23H,1,4-8,10,12,17H2,2H3/b16-14-/t19-,20-/m0/s1. The quantitative estimate of drug-likeness (QED) is 0.264. The predicted molar refractivity (Wildman–Crippen MR) is 95.9 cm³/mol. The van der Waals surface area contributed by atoms with Crippen LogP contribution in [0.4, 0.5) is 0 Å². The molecule has 0 amide bonds. The molecule has 0 aliphatic heterocycles. The Kier molecular flexibility index (Phi) is 14.5. The van der Waals surface area contributed by atoms with Gasteiger partial charge in [-0.3, -0.25) is 4.79 Å². The first-order chi connectivity index (χ1) is 11.6. The van der Waals surface area contributed by atoms with Gasteiger partial charge in [-0.25, -0.2) is 0 Å². The van der Waals surface area contributed by atoms with Gasteiger partial charge in [0.2, 0.25) is 0 Å². The van der Waals surface area contributed by atoms with E-state index in [0.29, 0.717) is 0 Å². The monoisotopic (exact) mass is 332 g/mol. The number of allylic oxidation sites excluding steroid dienone is 1. The molecule has 2 atom stereocenters. The third kappa shape index (κ3) is 16.4. The second-order valence-electron chi connectivity index (χ2n) is 5.36. The molecule has 0 fully saturated rings. The van der Waals surface area contributed by atoms with Gasteiger partial charge in [0.25, 0.3) is 0 Å². The van der Waals surface area contributed by atoms with Gasteiger partial charge in [-0.05, 0) is 31.1 Å². The first kappa shape index (κ1) is 22.0. The van der Waals surface area contributed by atoms with Crippen molar-refractivity contribution in [1.82, 2.24) is 0 Å². The van der Waals surface area contributed by atoms with E-state index in [-0.39, 0.29) is 12.6 Å². The van der Waals surface area contributed by atoms with Gasteiger partial charge in [-0.15, -0.1) is 0 Å². The fourth-order valence-corrected chi connectivity index (χ4v) is 1.79. The number of ether oxygens (including phenoxy) is 1. The molecule has 0 radical (unpaired) electrons. The second kappa shape index (κ2) is 15.9. The number of hydrogen-bond acceptors (Lipinski definition) is 4. The van der Waals surface area contributed by atoms with Gasteiger partial charge in [-0.1, -0.05) is 55.9 Å². The molecule has 0 aromatic rings. The Bertz CT molecular complexity index is 499. The van der Waals surface area contributed by atoms with Gasteiger partial charge >= 0.3 is 5.97 Å². The highest BCUT2D eigenvalue weighted by Gasteiger charge is 2.00. The molecule has 2 N–H and O–H groups in total. The van der Waals surface area contributed by atoms with Crippen LogP contribution in [-0.4, -0.2) is 35.0 Å². The summed E-state index contributed by atoms with van der Waals surface area (Å²) in [5.41, 5.74) is 0. The maximum Gasteiger partial charge on any atom is 0.302 e. The van der Waals surface area contributed by atoms with Crippen molar-refractivity contribution in [3.8, 4) is 23.7 Å². The number of carbonyl (C=O) groups excluding carboxylic acids is 1. The number of rotatable bonds is 11.